The van der Waals surface area contributed by atoms with Gasteiger partial charge in [-0.3, -0.25) is 4.79 Å². The van der Waals surface area contributed by atoms with Crippen molar-refractivity contribution in [1.82, 2.24) is 10.2 Å². The fraction of sp³-hybridized carbons (Fsp3) is 0.933. The molecule has 0 aromatic rings. The Morgan fingerprint density at radius 2 is 2.16 bits per heavy atom. The Kier molecular flexibility index (Phi) is 6.80. The number of nitrogens with one attached hydrogen (secondary N) is 1. The van der Waals surface area contributed by atoms with Gasteiger partial charge in [0.2, 0.25) is 5.91 Å². The molecular weight excluding hydrogens is 238 g/mol. The molecule has 0 saturated heterocycles. The summed E-state index contributed by atoms with van der Waals surface area (Å²) in [6.07, 6.45) is 7.79. The van der Waals surface area contributed by atoms with Crippen molar-refractivity contribution < 1.29 is 4.79 Å². The first-order valence-corrected chi connectivity index (χ1v) is 7.81. The third-order valence-electron chi connectivity index (χ3n) is 4.45. The Morgan fingerprint density at radius 3 is 2.74 bits per heavy atom. The number of primary amides is 1. The molecule has 1 aliphatic carbocycles. The van der Waals surface area contributed by atoms with Crippen LogP contribution < -0.4 is 11.1 Å². The molecule has 0 aliphatic heterocycles. The lowest BCUT2D eigenvalue weighted by Crippen LogP contribution is -2.60. The molecule has 1 aliphatic rings. The highest BCUT2D eigenvalue weighted by atomic mass is 16.1. The van der Waals surface area contributed by atoms with E-state index in [0.717, 1.165) is 32.4 Å². The summed E-state index contributed by atoms with van der Waals surface area (Å²) in [7, 11) is 2.18. The Labute approximate surface area is 118 Å². The van der Waals surface area contributed by atoms with Gasteiger partial charge in [0, 0.05) is 6.04 Å². The molecule has 1 amide bonds. The van der Waals surface area contributed by atoms with Gasteiger partial charge in [-0.25, -0.2) is 0 Å². The fourth-order valence-corrected chi connectivity index (χ4v) is 3.23. The SMILES string of the molecule is CCCCCN(C)C1CCCC(NCC)(C(N)=O)C1. The smallest absolute Gasteiger partial charge is 0.237 e. The number of likely N-dealkylation sites (N-methyl/N-ethyl adjacent to an activating group) is 1. The number of nitrogens with two attached hydrogens (primary N) is 1. The molecule has 112 valence electrons. The van der Waals surface area contributed by atoms with E-state index >= 15 is 0 Å². The van der Waals surface area contributed by atoms with Crippen molar-refractivity contribution in [1.29, 1.82) is 0 Å². The van der Waals surface area contributed by atoms with Gasteiger partial charge in [0.25, 0.3) is 0 Å². The second-order valence-corrected chi connectivity index (χ2v) is 5.91. The van der Waals surface area contributed by atoms with E-state index in [1.165, 1.54) is 25.7 Å². The zero-order valence-corrected chi connectivity index (χ0v) is 12.9. The van der Waals surface area contributed by atoms with E-state index in [9.17, 15) is 4.79 Å². The first kappa shape index (κ1) is 16.4. The number of rotatable bonds is 8. The molecule has 0 spiro atoms. The average molecular weight is 269 g/mol. The molecule has 2 unspecified atom stereocenters. The number of hydrogen-bond acceptors (Lipinski definition) is 3. The van der Waals surface area contributed by atoms with E-state index in [-0.39, 0.29) is 5.91 Å². The third-order valence-corrected chi connectivity index (χ3v) is 4.45. The molecule has 1 rings (SSSR count). The van der Waals surface area contributed by atoms with Crippen molar-refractivity contribution in [2.75, 3.05) is 20.1 Å². The maximum Gasteiger partial charge on any atom is 0.237 e. The third kappa shape index (κ3) is 4.46. The first-order chi connectivity index (χ1) is 9.05. The average Bonchev–Trinajstić information content (AvgIpc) is 2.39. The number of carbonyl (C=O) groups excluding carboxylic acids is 1. The number of nitrogens with zero attached hydrogens (tertiary/aromatic N) is 1. The predicted molar refractivity (Wildman–Crippen MR) is 80.0 cm³/mol. The van der Waals surface area contributed by atoms with Crippen LogP contribution in [0.3, 0.4) is 0 Å². The van der Waals surface area contributed by atoms with Gasteiger partial charge in [0.05, 0.1) is 5.54 Å². The maximum atomic E-state index is 11.8. The van der Waals surface area contributed by atoms with Gasteiger partial charge in [0.15, 0.2) is 0 Å². The van der Waals surface area contributed by atoms with Crippen LogP contribution >= 0.6 is 0 Å². The van der Waals surface area contributed by atoms with Crippen molar-refractivity contribution in [2.24, 2.45) is 5.73 Å². The quantitative estimate of drug-likeness (QED) is 0.662. The van der Waals surface area contributed by atoms with Gasteiger partial charge >= 0.3 is 0 Å². The molecular formula is C15H31N3O. The van der Waals surface area contributed by atoms with Crippen LogP contribution in [-0.4, -0.2) is 42.5 Å². The molecule has 1 fully saturated rings. The van der Waals surface area contributed by atoms with Gasteiger partial charge in [-0.2, -0.15) is 0 Å². The molecule has 0 heterocycles. The molecule has 0 radical (unpaired) electrons. The highest BCUT2D eigenvalue weighted by molar-refractivity contribution is 5.84. The molecule has 0 aromatic carbocycles. The van der Waals surface area contributed by atoms with Gasteiger partial charge in [-0.15, -0.1) is 0 Å². The largest absolute Gasteiger partial charge is 0.368 e. The molecule has 4 nitrogen and oxygen atoms in total. The van der Waals surface area contributed by atoms with E-state index in [1.54, 1.807) is 0 Å². The van der Waals surface area contributed by atoms with Gasteiger partial charge in [-0.1, -0.05) is 26.7 Å². The van der Waals surface area contributed by atoms with Crippen LogP contribution in [0, 0.1) is 0 Å². The minimum absolute atomic E-state index is 0.180. The fourth-order valence-electron chi connectivity index (χ4n) is 3.23. The maximum absolute atomic E-state index is 11.8. The van der Waals surface area contributed by atoms with Gasteiger partial charge in [-0.05, 0) is 52.2 Å². The van der Waals surface area contributed by atoms with Crippen molar-refractivity contribution in [2.45, 2.75) is 70.4 Å². The number of carbonyl (C=O) groups is 1. The molecule has 4 heteroatoms. The summed E-state index contributed by atoms with van der Waals surface area (Å²) < 4.78 is 0. The van der Waals surface area contributed by atoms with Crippen LogP contribution in [-0.2, 0) is 4.79 Å². The summed E-state index contributed by atoms with van der Waals surface area (Å²) in [4.78, 5) is 14.3. The minimum Gasteiger partial charge on any atom is -0.368 e. The summed E-state index contributed by atoms with van der Waals surface area (Å²) in [5.74, 6) is -0.180. The lowest BCUT2D eigenvalue weighted by atomic mass is 9.77. The molecule has 0 bridgehead atoms. The van der Waals surface area contributed by atoms with E-state index < -0.39 is 5.54 Å². The lowest BCUT2D eigenvalue weighted by molar-refractivity contribution is -0.126. The Morgan fingerprint density at radius 1 is 1.42 bits per heavy atom. The number of amides is 1. The summed E-state index contributed by atoms with van der Waals surface area (Å²) in [6.45, 7) is 6.19. The van der Waals surface area contributed by atoms with Crippen LogP contribution in [0.25, 0.3) is 0 Å². The lowest BCUT2D eigenvalue weighted by Gasteiger charge is -2.42. The van der Waals surface area contributed by atoms with Crippen LogP contribution in [0.5, 0.6) is 0 Å². The molecule has 3 N–H and O–H groups in total. The van der Waals surface area contributed by atoms with E-state index in [2.05, 4.69) is 24.2 Å². The second-order valence-electron chi connectivity index (χ2n) is 5.91. The van der Waals surface area contributed by atoms with Crippen molar-refractivity contribution in [3.63, 3.8) is 0 Å². The summed E-state index contributed by atoms with van der Waals surface area (Å²) >= 11 is 0. The van der Waals surface area contributed by atoms with Crippen LogP contribution in [0.1, 0.15) is 58.8 Å². The molecule has 2 atom stereocenters. The number of hydrogen-bond donors (Lipinski definition) is 2. The Balaban J connectivity index is 2.58. The van der Waals surface area contributed by atoms with E-state index in [0.29, 0.717) is 6.04 Å². The molecule has 0 aromatic heterocycles. The van der Waals surface area contributed by atoms with E-state index in [4.69, 9.17) is 5.73 Å². The summed E-state index contributed by atoms with van der Waals surface area (Å²) in [6, 6.07) is 0.483. The topological polar surface area (TPSA) is 58.4 Å². The van der Waals surface area contributed by atoms with Crippen molar-refractivity contribution >= 4 is 5.91 Å². The summed E-state index contributed by atoms with van der Waals surface area (Å²) in [5, 5.41) is 3.35. The van der Waals surface area contributed by atoms with Crippen LogP contribution in [0.15, 0.2) is 0 Å². The highest BCUT2D eigenvalue weighted by Gasteiger charge is 2.41. The highest BCUT2D eigenvalue weighted by Crippen LogP contribution is 2.31. The Bertz CT molecular complexity index is 279. The second kappa shape index (κ2) is 7.85. The number of unbranched alkanes of at least 4 members (excludes halogenated alkanes) is 2. The standard InChI is InChI=1S/C15H31N3O/c1-4-6-7-11-18(3)13-9-8-10-15(12-13,14(16)19)17-5-2/h13,17H,4-12H2,1-3H3,(H2,16,19). The van der Waals surface area contributed by atoms with Crippen LogP contribution in [0.4, 0.5) is 0 Å². The summed E-state index contributed by atoms with van der Waals surface area (Å²) in [5.41, 5.74) is 5.18. The molecule has 19 heavy (non-hydrogen) atoms. The molecule has 1 saturated carbocycles. The normalized spacial score (nSPS) is 27.7. The minimum atomic E-state index is -0.476. The Hall–Kier alpha value is -0.610. The zero-order valence-electron chi connectivity index (χ0n) is 12.9. The van der Waals surface area contributed by atoms with Crippen molar-refractivity contribution in [3.8, 4) is 0 Å². The predicted octanol–water partition coefficient (Wildman–Crippen LogP) is 1.88. The van der Waals surface area contributed by atoms with Crippen LogP contribution in [0.2, 0.25) is 0 Å². The van der Waals surface area contributed by atoms with Crippen molar-refractivity contribution in [3.05, 3.63) is 0 Å². The first-order valence-electron chi connectivity index (χ1n) is 7.81. The zero-order chi connectivity index (χ0) is 14.3. The van der Waals surface area contributed by atoms with Gasteiger partial charge < -0.3 is 16.0 Å². The van der Waals surface area contributed by atoms with Gasteiger partial charge in [0.1, 0.15) is 0 Å². The monoisotopic (exact) mass is 269 g/mol. The van der Waals surface area contributed by atoms with E-state index in [1.807, 2.05) is 6.92 Å².